The third kappa shape index (κ3) is 5.17. The van der Waals surface area contributed by atoms with Crippen molar-refractivity contribution in [1.29, 1.82) is 0 Å². The number of halogens is 1. The highest BCUT2D eigenvalue weighted by atomic mass is 19.1. The first-order valence-electron chi connectivity index (χ1n) is 14.6. The molecule has 1 N–H and O–H groups in total. The fraction of sp³-hybridized carbons (Fsp3) is 0.394. The van der Waals surface area contributed by atoms with E-state index in [1.807, 2.05) is 35.2 Å². The Hall–Kier alpha value is -4.11. The number of amides is 2. The van der Waals surface area contributed by atoms with Crippen molar-refractivity contribution in [1.82, 2.24) is 15.1 Å². The van der Waals surface area contributed by atoms with Gasteiger partial charge in [0.15, 0.2) is 11.5 Å². The van der Waals surface area contributed by atoms with Crippen LogP contribution in [0.3, 0.4) is 0 Å². The average molecular weight is 573 g/mol. The molecular formula is C33H37FN4O4. The maximum Gasteiger partial charge on any atom is 0.254 e. The van der Waals surface area contributed by atoms with Crippen molar-refractivity contribution in [2.24, 2.45) is 0 Å². The zero-order valence-corrected chi connectivity index (χ0v) is 24.1. The van der Waals surface area contributed by atoms with Crippen molar-refractivity contribution < 1.29 is 23.5 Å². The van der Waals surface area contributed by atoms with Crippen molar-refractivity contribution in [2.75, 3.05) is 64.9 Å². The van der Waals surface area contributed by atoms with Gasteiger partial charge in [0.2, 0.25) is 5.91 Å². The molecule has 0 saturated carbocycles. The Labute approximate surface area is 246 Å². The minimum atomic E-state index is -0.580. The first-order valence-corrected chi connectivity index (χ1v) is 14.6. The molecule has 42 heavy (non-hydrogen) atoms. The molecule has 1 saturated heterocycles. The summed E-state index contributed by atoms with van der Waals surface area (Å²) in [5.74, 6) is -0.00199. The van der Waals surface area contributed by atoms with Crippen molar-refractivity contribution in [3.05, 3.63) is 88.7 Å². The number of methoxy groups -OCH3 is 2. The molecule has 0 spiro atoms. The highest BCUT2D eigenvalue weighted by Crippen LogP contribution is 2.48. The predicted molar refractivity (Wildman–Crippen MR) is 159 cm³/mol. The van der Waals surface area contributed by atoms with Crippen LogP contribution in [0.5, 0.6) is 11.5 Å². The van der Waals surface area contributed by atoms with Crippen LogP contribution in [0.1, 0.15) is 45.4 Å². The fourth-order valence-corrected chi connectivity index (χ4v) is 6.68. The van der Waals surface area contributed by atoms with Crippen LogP contribution >= 0.6 is 0 Å². The van der Waals surface area contributed by atoms with E-state index < -0.39 is 5.92 Å². The summed E-state index contributed by atoms with van der Waals surface area (Å²) in [5, 5.41) is 3.18. The molecule has 2 amide bonds. The number of anilines is 1. The van der Waals surface area contributed by atoms with E-state index in [1.54, 1.807) is 32.4 Å². The molecule has 3 aliphatic rings. The number of carbonyl (C=O) groups excluding carboxylic acids is 2. The molecule has 2 atom stereocenters. The molecule has 3 aliphatic heterocycles. The number of ether oxygens (including phenoxy) is 2. The van der Waals surface area contributed by atoms with Crippen molar-refractivity contribution >= 4 is 17.5 Å². The Balaban J connectivity index is 1.16. The number of hydrogen-bond donors (Lipinski definition) is 1. The number of hydrogen-bond acceptors (Lipinski definition) is 6. The van der Waals surface area contributed by atoms with Crippen LogP contribution < -0.4 is 19.7 Å². The summed E-state index contributed by atoms with van der Waals surface area (Å²) >= 11 is 0. The molecule has 0 aliphatic carbocycles. The number of para-hydroxylation sites is 1. The Morgan fingerprint density at radius 1 is 0.929 bits per heavy atom. The summed E-state index contributed by atoms with van der Waals surface area (Å²) in [5.41, 5.74) is 3.99. The van der Waals surface area contributed by atoms with E-state index in [9.17, 15) is 14.0 Å². The monoisotopic (exact) mass is 572 g/mol. The van der Waals surface area contributed by atoms with E-state index in [4.69, 9.17) is 9.47 Å². The van der Waals surface area contributed by atoms with E-state index in [2.05, 4.69) is 21.2 Å². The van der Waals surface area contributed by atoms with Gasteiger partial charge in [-0.15, -0.1) is 0 Å². The highest BCUT2D eigenvalue weighted by molar-refractivity contribution is 6.02. The van der Waals surface area contributed by atoms with Crippen LogP contribution in [0.2, 0.25) is 0 Å². The zero-order chi connectivity index (χ0) is 29.2. The normalized spacial score (nSPS) is 19.9. The average Bonchev–Trinajstić information content (AvgIpc) is 3.03. The molecule has 1 fully saturated rings. The van der Waals surface area contributed by atoms with Gasteiger partial charge in [-0.05, 0) is 60.3 Å². The third-order valence-electron chi connectivity index (χ3n) is 8.83. The lowest BCUT2D eigenvalue weighted by Gasteiger charge is -2.45. The summed E-state index contributed by atoms with van der Waals surface area (Å²) in [7, 11) is 3.10. The molecule has 6 rings (SSSR count). The van der Waals surface area contributed by atoms with Gasteiger partial charge in [0.25, 0.3) is 5.91 Å². The number of carbonyl (C=O) groups is 2. The van der Waals surface area contributed by atoms with Crippen LogP contribution in [0.15, 0.2) is 60.7 Å². The van der Waals surface area contributed by atoms with Crippen molar-refractivity contribution in [2.45, 2.75) is 24.8 Å². The summed E-state index contributed by atoms with van der Waals surface area (Å²) in [4.78, 5) is 34.0. The Kier molecular flexibility index (Phi) is 8.02. The van der Waals surface area contributed by atoms with E-state index in [0.717, 1.165) is 51.1 Å². The minimum Gasteiger partial charge on any atom is -0.493 e. The first kappa shape index (κ1) is 28.0. The highest BCUT2D eigenvalue weighted by Gasteiger charge is 2.46. The third-order valence-corrected chi connectivity index (χ3v) is 8.83. The number of rotatable bonds is 8. The molecule has 0 bridgehead atoms. The Morgan fingerprint density at radius 3 is 2.40 bits per heavy atom. The minimum absolute atomic E-state index is 0.0935. The topological polar surface area (TPSA) is 74.4 Å². The summed E-state index contributed by atoms with van der Waals surface area (Å²) in [6, 6.07) is 18.1. The Morgan fingerprint density at radius 2 is 1.64 bits per heavy atom. The molecular weight excluding hydrogens is 535 g/mol. The van der Waals surface area contributed by atoms with Crippen LogP contribution in [0.25, 0.3) is 0 Å². The van der Waals surface area contributed by atoms with Crippen LogP contribution in [-0.4, -0.2) is 81.6 Å². The SMILES string of the molecule is COc1cc2c(cc1OC)[C@H](C(=O)NCCCN1CCN(c3ccccc3F)CC1)[C@H]1c3ccccc3CCN1C2=O. The molecule has 0 radical (unpaired) electrons. The van der Waals surface area contributed by atoms with Gasteiger partial charge in [0, 0.05) is 44.8 Å². The molecule has 8 nitrogen and oxygen atoms in total. The van der Waals surface area contributed by atoms with Gasteiger partial charge in [-0.2, -0.15) is 0 Å². The van der Waals surface area contributed by atoms with Gasteiger partial charge in [-0.1, -0.05) is 36.4 Å². The van der Waals surface area contributed by atoms with Crippen LogP contribution in [0.4, 0.5) is 10.1 Å². The van der Waals surface area contributed by atoms with Gasteiger partial charge in [0.05, 0.1) is 31.9 Å². The first-order chi connectivity index (χ1) is 20.5. The number of nitrogens with one attached hydrogen (secondary N) is 1. The fourth-order valence-electron chi connectivity index (χ4n) is 6.68. The van der Waals surface area contributed by atoms with Gasteiger partial charge in [0.1, 0.15) is 5.82 Å². The number of benzene rings is 3. The molecule has 3 aromatic rings. The van der Waals surface area contributed by atoms with E-state index in [0.29, 0.717) is 41.4 Å². The maximum atomic E-state index is 14.2. The van der Waals surface area contributed by atoms with Crippen LogP contribution in [0, 0.1) is 5.82 Å². The van der Waals surface area contributed by atoms with Gasteiger partial charge in [-0.25, -0.2) is 4.39 Å². The van der Waals surface area contributed by atoms with Gasteiger partial charge in [-0.3, -0.25) is 14.5 Å². The lowest BCUT2D eigenvalue weighted by Crippen LogP contribution is -2.50. The molecule has 3 aromatic carbocycles. The molecule has 9 heteroatoms. The predicted octanol–water partition coefficient (Wildman–Crippen LogP) is 4.01. The van der Waals surface area contributed by atoms with E-state index in [1.165, 1.54) is 11.6 Å². The maximum absolute atomic E-state index is 14.2. The second-order valence-electron chi connectivity index (χ2n) is 11.1. The standard InChI is InChI=1S/C33H37FN4O4/c1-41-28-20-24-25(21-29(28)42-2)33(40)38-15-12-22-8-3-4-9-23(22)31(38)30(24)32(39)35-13-7-14-36-16-18-37(19-17-36)27-11-6-5-10-26(27)34/h3-6,8-11,20-21,30-31H,7,12-19H2,1-2H3,(H,35,39)/t30-,31+/m0/s1. The lowest BCUT2D eigenvalue weighted by atomic mass is 9.75. The lowest BCUT2D eigenvalue weighted by molar-refractivity contribution is -0.124. The van der Waals surface area contributed by atoms with Crippen molar-refractivity contribution in [3.63, 3.8) is 0 Å². The van der Waals surface area contributed by atoms with E-state index >= 15 is 0 Å². The van der Waals surface area contributed by atoms with Gasteiger partial charge >= 0.3 is 0 Å². The molecule has 3 heterocycles. The number of piperazine rings is 1. The van der Waals surface area contributed by atoms with Crippen LogP contribution in [-0.2, 0) is 11.2 Å². The Bertz CT molecular complexity index is 1470. The molecule has 0 aromatic heterocycles. The molecule has 0 unspecified atom stereocenters. The zero-order valence-electron chi connectivity index (χ0n) is 24.1. The summed E-state index contributed by atoms with van der Waals surface area (Å²) in [6.07, 6.45) is 1.54. The summed E-state index contributed by atoms with van der Waals surface area (Å²) < 4.78 is 25.3. The second kappa shape index (κ2) is 12.0. The number of nitrogens with zero attached hydrogens (tertiary/aromatic N) is 3. The number of fused-ring (bicyclic) bond motifs is 4. The van der Waals surface area contributed by atoms with E-state index in [-0.39, 0.29) is 23.7 Å². The smallest absolute Gasteiger partial charge is 0.254 e. The second-order valence-corrected chi connectivity index (χ2v) is 11.1. The largest absolute Gasteiger partial charge is 0.493 e. The van der Waals surface area contributed by atoms with Crippen molar-refractivity contribution in [3.8, 4) is 11.5 Å². The molecule has 220 valence electrons. The summed E-state index contributed by atoms with van der Waals surface area (Å²) in [6.45, 7) is 5.13. The van der Waals surface area contributed by atoms with Gasteiger partial charge < -0.3 is 24.6 Å². The quantitative estimate of drug-likeness (QED) is 0.412.